The van der Waals surface area contributed by atoms with Crippen molar-refractivity contribution in [3.05, 3.63) is 0 Å². The smallest absolute Gasteiger partial charge is 0.326 e. The molecule has 0 saturated heterocycles. The average molecular weight is 149 g/mol. The molecule has 0 aromatic heterocycles. The SMILES string of the molecule is CCC(N)(C(=O)O)C(C)F. The molecular weight excluding hydrogens is 137 g/mol. The zero-order valence-corrected chi connectivity index (χ0v) is 6.10. The van der Waals surface area contributed by atoms with Gasteiger partial charge in [0.05, 0.1) is 0 Å². The Kier molecular flexibility index (Phi) is 2.77. The molecule has 0 aliphatic heterocycles. The van der Waals surface area contributed by atoms with Crippen LogP contribution in [0.5, 0.6) is 0 Å². The Labute approximate surface area is 59.0 Å². The number of halogens is 1. The molecule has 0 radical (unpaired) electrons. The van der Waals surface area contributed by atoms with Gasteiger partial charge in [0.2, 0.25) is 0 Å². The lowest BCUT2D eigenvalue weighted by Gasteiger charge is -2.23. The zero-order valence-electron chi connectivity index (χ0n) is 6.10. The molecule has 0 fully saturated rings. The summed E-state index contributed by atoms with van der Waals surface area (Å²) in [6.07, 6.45) is -1.42. The lowest BCUT2D eigenvalue weighted by atomic mass is 9.93. The summed E-state index contributed by atoms with van der Waals surface area (Å²) in [7, 11) is 0. The van der Waals surface area contributed by atoms with Gasteiger partial charge in [-0.2, -0.15) is 0 Å². The molecule has 0 aliphatic rings. The van der Waals surface area contributed by atoms with Crippen LogP contribution < -0.4 is 5.73 Å². The van der Waals surface area contributed by atoms with Crippen molar-refractivity contribution < 1.29 is 14.3 Å². The van der Waals surface area contributed by atoms with E-state index in [-0.39, 0.29) is 6.42 Å². The summed E-state index contributed by atoms with van der Waals surface area (Å²) < 4.78 is 12.5. The minimum Gasteiger partial charge on any atom is -0.480 e. The second-order valence-electron chi connectivity index (χ2n) is 2.32. The van der Waals surface area contributed by atoms with Crippen molar-refractivity contribution in [1.29, 1.82) is 0 Å². The van der Waals surface area contributed by atoms with E-state index >= 15 is 0 Å². The first-order valence-corrected chi connectivity index (χ1v) is 3.11. The standard InChI is InChI=1S/C6H12FNO2/c1-3-6(8,4(2)7)5(9)10/h4H,3,8H2,1-2H3,(H,9,10). The third-order valence-corrected chi connectivity index (χ3v) is 1.69. The Morgan fingerprint density at radius 2 is 2.30 bits per heavy atom. The molecule has 3 N–H and O–H groups in total. The fraction of sp³-hybridized carbons (Fsp3) is 0.833. The van der Waals surface area contributed by atoms with Gasteiger partial charge in [0.15, 0.2) is 0 Å². The molecule has 0 bridgehead atoms. The Bertz CT molecular complexity index is 138. The average Bonchev–Trinajstić information content (AvgIpc) is 1.85. The van der Waals surface area contributed by atoms with E-state index in [2.05, 4.69) is 0 Å². The lowest BCUT2D eigenvalue weighted by Crippen LogP contribution is -2.54. The molecule has 60 valence electrons. The first kappa shape index (κ1) is 9.36. The molecule has 3 nitrogen and oxygen atoms in total. The quantitative estimate of drug-likeness (QED) is 0.615. The van der Waals surface area contributed by atoms with Crippen LogP contribution in [0.15, 0.2) is 0 Å². The molecule has 0 aromatic carbocycles. The van der Waals surface area contributed by atoms with E-state index in [0.717, 1.165) is 6.92 Å². The molecule has 0 aromatic rings. The number of hydrogen-bond donors (Lipinski definition) is 2. The number of rotatable bonds is 3. The van der Waals surface area contributed by atoms with Crippen LogP contribution in [0.4, 0.5) is 4.39 Å². The summed E-state index contributed by atoms with van der Waals surface area (Å²) in [5, 5.41) is 8.44. The van der Waals surface area contributed by atoms with Crippen molar-refractivity contribution >= 4 is 5.97 Å². The molecule has 0 amide bonds. The Morgan fingerprint density at radius 3 is 2.30 bits per heavy atom. The van der Waals surface area contributed by atoms with Crippen molar-refractivity contribution in [2.24, 2.45) is 5.73 Å². The van der Waals surface area contributed by atoms with Gasteiger partial charge in [-0.15, -0.1) is 0 Å². The Hall–Kier alpha value is -0.640. The lowest BCUT2D eigenvalue weighted by molar-refractivity contribution is -0.145. The highest BCUT2D eigenvalue weighted by Gasteiger charge is 2.38. The number of nitrogens with two attached hydrogens (primary N) is 1. The van der Waals surface area contributed by atoms with Gasteiger partial charge >= 0.3 is 5.97 Å². The molecule has 0 rings (SSSR count). The van der Waals surface area contributed by atoms with Crippen LogP contribution in [-0.4, -0.2) is 22.8 Å². The fourth-order valence-electron chi connectivity index (χ4n) is 0.603. The van der Waals surface area contributed by atoms with Gasteiger partial charge in [0, 0.05) is 0 Å². The molecule has 10 heavy (non-hydrogen) atoms. The molecule has 0 heterocycles. The predicted octanol–water partition coefficient (Wildman–Crippen LogP) is 0.536. The van der Waals surface area contributed by atoms with Gasteiger partial charge in [-0.05, 0) is 13.3 Å². The summed E-state index contributed by atoms with van der Waals surface area (Å²) in [5.41, 5.74) is 3.50. The third-order valence-electron chi connectivity index (χ3n) is 1.69. The van der Waals surface area contributed by atoms with Crippen LogP contribution in [0.1, 0.15) is 20.3 Å². The van der Waals surface area contributed by atoms with Crippen LogP contribution in [0, 0.1) is 0 Å². The van der Waals surface area contributed by atoms with Crippen LogP contribution in [-0.2, 0) is 4.79 Å². The fourth-order valence-corrected chi connectivity index (χ4v) is 0.603. The Balaban J connectivity index is 4.38. The van der Waals surface area contributed by atoms with Gasteiger partial charge in [0.25, 0.3) is 0 Å². The molecule has 0 aliphatic carbocycles. The van der Waals surface area contributed by atoms with E-state index in [9.17, 15) is 9.18 Å². The van der Waals surface area contributed by atoms with Gasteiger partial charge in [0.1, 0.15) is 11.7 Å². The second kappa shape index (κ2) is 2.96. The molecular formula is C6H12FNO2. The Morgan fingerprint density at radius 1 is 1.90 bits per heavy atom. The van der Waals surface area contributed by atoms with E-state index in [1.54, 1.807) is 6.92 Å². The maximum absolute atomic E-state index is 12.5. The molecule has 4 heteroatoms. The normalized spacial score (nSPS) is 19.6. The topological polar surface area (TPSA) is 63.3 Å². The number of carbonyl (C=O) groups is 1. The summed E-state index contributed by atoms with van der Waals surface area (Å²) in [6, 6.07) is 0. The van der Waals surface area contributed by atoms with Gasteiger partial charge < -0.3 is 10.8 Å². The van der Waals surface area contributed by atoms with E-state index in [0.29, 0.717) is 0 Å². The maximum atomic E-state index is 12.5. The number of carboxylic acids is 1. The summed E-state index contributed by atoms with van der Waals surface area (Å²) in [4.78, 5) is 10.3. The van der Waals surface area contributed by atoms with Crippen molar-refractivity contribution in [3.63, 3.8) is 0 Å². The molecule has 0 saturated carbocycles. The maximum Gasteiger partial charge on any atom is 0.326 e. The van der Waals surface area contributed by atoms with Crippen LogP contribution in [0.3, 0.4) is 0 Å². The monoisotopic (exact) mass is 149 g/mol. The molecule has 2 unspecified atom stereocenters. The van der Waals surface area contributed by atoms with E-state index < -0.39 is 17.7 Å². The number of carboxylic acid groups (broad SMARTS) is 1. The highest BCUT2D eigenvalue weighted by atomic mass is 19.1. The third kappa shape index (κ3) is 1.44. The van der Waals surface area contributed by atoms with Crippen LogP contribution in [0.25, 0.3) is 0 Å². The number of hydrogen-bond acceptors (Lipinski definition) is 2. The first-order chi connectivity index (χ1) is 4.45. The summed E-state index contributed by atoms with van der Waals surface area (Å²) in [6.45, 7) is 2.70. The van der Waals surface area contributed by atoms with Crippen molar-refractivity contribution in [2.75, 3.05) is 0 Å². The first-order valence-electron chi connectivity index (χ1n) is 3.11. The number of aliphatic carboxylic acids is 1. The number of alkyl halides is 1. The van der Waals surface area contributed by atoms with E-state index in [1.807, 2.05) is 0 Å². The van der Waals surface area contributed by atoms with E-state index in [1.165, 1.54) is 0 Å². The highest BCUT2D eigenvalue weighted by Crippen LogP contribution is 2.14. The minimum absolute atomic E-state index is 0.0972. The van der Waals surface area contributed by atoms with Crippen molar-refractivity contribution in [2.45, 2.75) is 32.0 Å². The van der Waals surface area contributed by atoms with Gasteiger partial charge in [-0.3, -0.25) is 4.79 Å². The highest BCUT2D eigenvalue weighted by molar-refractivity contribution is 5.79. The van der Waals surface area contributed by atoms with Crippen LogP contribution in [0.2, 0.25) is 0 Å². The van der Waals surface area contributed by atoms with Crippen LogP contribution >= 0.6 is 0 Å². The van der Waals surface area contributed by atoms with Gasteiger partial charge in [-0.1, -0.05) is 6.92 Å². The van der Waals surface area contributed by atoms with E-state index in [4.69, 9.17) is 10.8 Å². The van der Waals surface area contributed by atoms with Crippen molar-refractivity contribution in [3.8, 4) is 0 Å². The van der Waals surface area contributed by atoms with Crippen molar-refractivity contribution in [1.82, 2.24) is 0 Å². The second-order valence-corrected chi connectivity index (χ2v) is 2.32. The summed E-state index contributed by atoms with van der Waals surface area (Å²) in [5.74, 6) is -1.29. The minimum atomic E-state index is -1.71. The molecule has 2 atom stereocenters. The summed E-state index contributed by atoms with van der Waals surface area (Å²) >= 11 is 0. The van der Waals surface area contributed by atoms with Gasteiger partial charge in [-0.25, -0.2) is 4.39 Å². The largest absolute Gasteiger partial charge is 0.480 e. The molecule has 0 spiro atoms. The predicted molar refractivity (Wildman–Crippen MR) is 35.4 cm³/mol. The zero-order chi connectivity index (χ0) is 8.36.